The van der Waals surface area contributed by atoms with E-state index in [0.717, 1.165) is 16.0 Å². The minimum absolute atomic E-state index is 0.173. The molecule has 0 aromatic heterocycles. The number of aliphatic hydroxyl groups is 1. The molecular weight excluding hydrogens is 208 g/mol. The lowest BCUT2D eigenvalue weighted by molar-refractivity contribution is 0.273. The molecule has 1 unspecified atom stereocenters. The molecule has 2 aromatic rings. The zero-order valence-corrected chi connectivity index (χ0v) is 9.33. The van der Waals surface area contributed by atoms with Crippen molar-refractivity contribution in [2.45, 2.75) is 12.8 Å². The van der Waals surface area contributed by atoms with Crippen molar-refractivity contribution < 1.29 is 5.11 Å². The third-order valence-corrected chi connectivity index (χ3v) is 2.90. The van der Waals surface area contributed by atoms with E-state index in [2.05, 4.69) is 18.2 Å². The predicted octanol–water partition coefficient (Wildman–Crippen LogP) is 3.59. The van der Waals surface area contributed by atoms with Gasteiger partial charge in [-0.15, -0.1) is 0 Å². The molecule has 1 nitrogen and oxygen atoms in total. The van der Waals surface area contributed by atoms with Gasteiger partial charge in [-0.3, -0.25) is 0 Å². The summed E-state index contributed by atoms with van der Waals surface area (Å²) >= 11 is 5.94. The Balaban J connectivity index is 2.54. The van der Waals surface area contributed by atoms with Crippen LogP contribution in [0.4, 0.5) is 0 Å². The molecule has 2 heteroatoms. The van der Waals surface area contributed by atoms with E-state index in [9.17, 15) is 0 Å². The highest BCUT2D eigenvalue weighted by molar-refractivity contribution is 6.31. The molecule has 0 fully saturated rings. The zero-order chi connectivity index (χ0) is 10.8. The van der Waals surface area contributed by atoms with Crippen LogP contribution < -0.4 is 0 Å². The number of fused-ring (bicyclic) bond motifs is 1. The highest BCUT2D eigenvalue weighted by Gasteiger charge is 2.04. The second kappa shape index (κ2) is 4.21. The van der Waals surface area contributed by atoms with Crippen molar-refractivity contribution >= 4 is 22.4 Å². The second-order valence-electron chi connectivity index (χ2n) is 3.83. The fourth-order valence-electron chi connectivity index (χ4n) is 1.65. The van der Waals surface area contributed by atoms with E-state index in [4.69, 9.17) is 16.7 Å². The summed E-state index contributed by atoms with van der Waals surface area (Å²) in [6, 6.07) is 12.0. The molecule has 0 saturated carbocycles. The molecule has 2 rings (SSSR count). The number of hydrogen-bond donors (Lipinski definition) is 1. The summed E-state index contributed by atoms with van der Waals surface area (Å²) in [6.07, 6.45) is 0. The Morgan fingerprint density at radius 2 is 1.87 bits per heavy atom. The lowest BCUT2D eigenvalue weighted by atomic mass is 9.98. The zero-order valence-electron chi connectivity index (χ0n) is 8.57. The smallest absolute Gasteiger partial charge is 0.0497 e. The van der Waals surface area contributed by atoms with Crippen molar-refractivity contribution in [2.75, 3.05) is 6.61 Å². The van der Waals surface area contributed by atoms with Gasteiger partial charge in [-0.1, -0.05) is 42.8 Å². The van der Waals surface area contributed by atoms with E-state index < -0.39 is 0 Å². The van der Waals surface area contributed by atoms with Crippen LogP contribution in [-0.2, 0) is 0 Å². The Bertz CT molecular complexity index is 479. The second-order valence-corrected chi connectivity index (χ2v) is 4.27. The molecule has 0 aliphatic carbocycles. The summed E-state index contributed by atoms with van der Waals surface area (Å²) in [5.41, 5.74) is 1.15. The Morgan fingerprint density at radius 3 is 2.60 bits per heavy atom. The molecule has 0 aliphatic heterocycles. The third kappa shape index (κ3) is 2.14. The monoisotopic (exact) mass is 220 g/mol. The molecule has 0 heterocycles. The SMILES string of the molecule is CC(CO)c1ccc2ccc(Cl)cc2c1. The van der Waals surface area contributed by atoms with Crippen LogP contribution in [0.25, 0.3) is 10.8 Å². The topological polar surface area (TPSA) is 20.2 Å². The summed E-state index contributed by atoms with van der Waals surface area (Å²) in [6.45, 7) is 2.18. The molecule has 0 aliphatic rings. The van der Waals surface area contributed by atoms with E-state index in [-0.39, 0.29) is 12.5 Å². The maximum absolute atomic E-state index is 9.09. The standard InChI is InChI=1S/C13H13ClO/c1-9(8-15)11-3-2-10-4-5-13(14)7-12(10)6-11/h2-7,9,15H,8H2,1H3. The third-order valence-electron chi connectivity index (χ3n) is 2.67. The molecule has 2 aromatic carbocycles. The Kier molecular flexibility index (Phi) is 2.94. The van der Waals surface area contributed by atoms with Gasteiger partial charge < -0.3 is 5.11 Å². The average molecular weight is 221 g/mol. The highest BCUT2D eigenvalue weighted by Crippen LogP contribution is 2.23. The number of aliphatic hydroxyl groups excluding tert-OH is 1. The molecule has 1 N–H and O–H groups in total. The van der Waals surface area contributed by atoms with Crippen LogP contribution in [0.5, 0.6) is 0 Å². The quantitative estimate of drug-likeness (QED) is 0.820. The van der Waals surface area contributed by atoms with Crippen molar-refractivity contribution in [3.8, 4) is 0 Å². The molecule has 0 radical (unpaired) electrons. The molecule has 78 valence electrons. The molecule has 0 bridgehead atoms. The van der Waals surface area contributed by atoms with Crippen LogP contribution in [-0.4, -0.2) is 11.7 Å². The summed E-state index contributed by atoms with van der Waals surface area (Å²) in [5.74, 6) is 0.174. The van der Waals surface area contributed by atoms with Crippen LogP contribution in [0.1, 0.15) is 18.4 Å². The number of benzene rings is 2. The van der Waals surface area contributed by atoms with Crippen molar-refractivity contribution in [3.05, 3.63) is 47.0 Å². The fourth-order valence-corrected chi connectivity index (χ4v) is 1.83. The first-order valence-electron chi connectivity index (χ1n) is 5.01. The van der Waals surface area contributed by atoms with E-state index >= 15 is 0 Å². The van der Waals surface area contributed by atoms with E-state index in [1.54, 1.807) is 0 Å². The molecule has 15 heavy (non-hydrogen) atoms. The maximum Gasteiger partial charge on any atom is 0.0497 e. The lowest BCUT2D eigenvalue weighted by Gasteiger charge is -2.09. The van der Waals surface area contributed by atoms with Gasteiger partial charge in [0.2, 0.25) is 0 Å². The number of rotatable bonds is 2. The van der Waals surface area contributed by atoms with Crippen LogP contribution in [0.15, 0.2) is 36.4 Å². The Labute approximate surface area is 94.3 Å². The van der Waals surface area contributed by atoms with Crippen molar-refractivity contribution in [2.24, 2.45) is 0 Å². The first-order chi connectivity index (χ1) is 7.20. The molecule has 0 saturated heterocycles. The number of halogens is 1. The molecular formula is C13H13ClO. The van der Waals surface area contributed by atoms with Crippen LogP contribution in [0.2, 0.25) is 5.02 Å². The minimum atomic E-state index is 0.173. The van der Waals surface area contributed by atoms with Crippen LogP contribution in [0, 0.1) is 0 Å². The molecule has 0 spiro atoms. The van der Waals surface area contributed by atoms with Gasteiger partial charge in [-0.2, -0.15) is 0 Å². The Morgan fingerprint density at radius 1 is 1.13 bits per heavy atom. The first-order valence-corrected chi connectivity index (χ1v) is 5.38. The molecule has 0 amide bonds. The van der Waals surface area contributed by atoms with Gasteiger partial charge in [0, 0.05) is 17.5 Å². The predicted molar refractivity (Wildman–Crippen MR) is 64.5 cm³/mol. The van der Waals surface area contributed by atoms with Gasteiger partial charge in [0.25, 0.3) is 0 Å². The molecule has 1 atom stereocenters. The van der Waals surface area contributed by atoms with Gasteiger partial charge in [-0.05, 0) is 28.5 Å². The van der Waals surface area contributed by atoms with Crippen LogP contribution in [0.3, 0.4) is 0 Å². The van der Waals surface area contributed by atoms with Gasteiger partial charge in [-0.25, -0.2) is 0 Å². The summed E-state index contributed by atoms with van der Waals surface area (Å²) in [7, 11) is 0. The first kappa shape index (κ1) is 10.5. The summed E-state index contributed by atoms with van der Waals surface area (Å²) in [4.78, 5) is 0. The van der Waals surface area contributed by atoms with E-state index in [1.807, 2.05) is 25.1 Å². The minimum Gasteiger partial charge on any atom is -0.396 e. The van der Waals surface area contributed by atoms with Crippen molar-refractivity contribution in [3.63, 3.8) is 0 Å². The van der Waals surface area contributed by atoms with E-state index in [1.165, 1.54) is 5.39 Å². The number of hydrogen-bond acceptors (Lipinski definition) is 1. The van der Waals surface area contributed by atoms with Gasteiger partial charge in [0.15, 0.2) is 0 Å². The summed E-state index contributed by atoms with van der Waals surface area (Å²) in [5, 5.41) is 12.1. The van der Waals surface area contributed by atoms with Gasteiger partial charge in [0.1, 0.15) is 0 Å². The lowest BCUT2D eigenvalue weighted by Crippen LogP contribution is -1.98. The van der Waals surface area contributed by atoms with Crippen LogP contribution >= 0.6 is 11.6 Å². The normalized spacial score (nSPS) is 13.0. The largest absolute Gasteiger partial charge is 0.396 e. The maximum atomic E-state index is 9.09. The fraction of sp³-hybridized carbons (Fsp3) is 0.231. The highest BCUT2D eigenvalue weighted by atomic mass is 35.5. The van der Waals surface area contributed by atoms with E-state index in [0.29, 0.717) is 0 Å². The van der Waals surface area contributed by atoms with Crippen molar-refractivity contribution in [1.82, 2.24) is 0 Å². The van der Waals surface area contributed by atoms with Gasteiger partial charge in [0.05, 0.1) is 0 Å². The van der Waals surface area contributed by atoms with Gasteiger partial charge >= 0.3 is 0 Å². The Hall–Kier alpha value is -1.05. The van der Waals surface area contributed by atoms with Crippen molar-refractivity contribution in [1.29, 1.82) is 0 Å². The summed E-state index contributed by atoms with van der Waals surface area (Å²) < 4.78 is 0. The average Bonchev–Trinajstić information content (AvgIpc) is 2.27.